The Kier molecular flexibility index (Phi) is 5.00. The molecule has 6 heteroatoms. The van der Waals surface area contributed by atoms with Gasteiger partial charge in [0.05, 0.1) is 0 Å². The topological polar surface area (TPSA) is 76.3 Å². The second kappa shape index (κ2) is 6.58. The average molecular weight is 293 g/mol. The van der Waals surface area contributed by atoms with Gasteiger partial charge in [0, 0.05) is 38.3 Å². The van der Waals surface area contributed by atoms with Gasteiger partial charge in [-0.15, -0.1) is 0 Å². The van der Waals surface area contributed by atoms with Crippen LogP contribution in [0.2, 0.25) is 0 Å². The molecule has 0 aromatic carbocycles. The Morgan fingerprint density at radius 3 is 2.57 bits per heavy atom. The van der Waals surface area contributed by atoms with E-state index in [-0.39, 0.29) is 5.41 Å². The minimum atomic E-state index is -0.110. The van der Waals surface area contributed by atoms with Crippen molar-refractivity contribution in [2.75, 3.05) is 37.1 Å². The molecule has 2 rings (SSSR count). The predicted octanol–water partition coefficient (Wildman–Crippen LogP) is 1.92. The number of nitrogens with zero attached hydrogens (tertiary/aromatic N) is 3. The van der Waals surface area contributed by atoms with Crippen molar-refractivity contribution in [1.29, 1.82) is 0 Å². The molecule has 0 unspecified atom stereocenters. The second-order valence-electron chi connectivity index (χ2n) is 6.77. The van der Waals surface area contributed by atoms with Crippen molar-refractivity contribution in [3.8, 4) is 0 Å². The van der Waals surface area contributed by atoms with Crippen molar-refractivity contribution < 1.29 is 4.74 Å². The molecule has 0 aliphatic carbocycles. The lowest BCUT2D eigenvalue weighted by Gasteiger charge is -2.29. The van der Waals surface area contributed by atoms with E-state index in [1.54, 1.807) is 0 Å². The lowest BCUT2D eigenvalue weighted by molar-refractivity contribution is 0.0685. The highest BCUT2D eigenvalue weighted by Gasteiger charge is 2.21. The summed E-state index contributed by atoms with van der Waals surface area (Å²) >= 11 is 0. The Labute approximate surface area is 127 Å². The Bertz CT molecular complexity index is 466. The second-order valence-corrected chi connectivity index (χ2v) is 6.77. The molecular weight excluding hydrogens is 266 g/mol. The molecule has 0 amide bonds. The maximum absolute atomic E-state index is 5.54. The van der Waals surface area contributed by atoms with Crippen LogP contribution in [-0.2, 0) is 10.2 Å². The van der Waals surface area contributed by atoms with Gasteiger partial charge in [0.25, 0.3) is 0 Å². The fourth-order valence-electron chi connectivity index (χ4n) is 2.45. The summed E-state index contributed by atoms with van der Waals surface area (Å²) in [5.74, 6) is 8.56. The Morgan fingerprint density at radius 1 is 1.33 bits per heavy atom. The van der Waals surface area contributed by atoms with Crippen molar-refractivity contribution in [3.05, 3.63) is 11.9 Å². The van der Waals surface area contributed by atoms with Crippen LogP contribution < -0.4 is 16.2 Å². The van der Waals surface area contributed by atoms with Crippen LogP contribution in [-0.4, -0.2) is 36.8 Å². The van der Waals surface area contributed by atoms with E-state index >= 15 is 0 Å². The molecule has 3 N–H and O–H groups in total. The lowest BCUT2D eigenvalue weighted by atomic mass is 9.95. The monoisotopic (exact) mass is 293 g/mol. The van der Waals surface area contributed by atoms with E-state index in [1.165, 1.54) is 0 Å². The van der Waals surface area contributed by atoms with Crippen molar-refractivity contribution in [3.63, 3.8) is 0 Å². The normalized spacial score (nSPS) is 16.8. The van der Waals surface area contributed by atoms with Crippen LogP contribution in [0.25, 0.3) is 0 Å². The predicted molar refractivity (Wildman–Crippen MR) is 85.4 cm³/mol. The quantitative estimate of drug-likeness (QED) is 0.652. The molecule has 1 fully saturated rings. The van der Waals surface area contributed by atoms with E-state index in [0.717, 1.165) is 44.2 Å². The molecule has 0 bridgehead atoms. The molecule has 2 heterocycles. The van der Waals surface area contributed by atoms with Crippen LogP contribution in [0, 0.1) is 5.92 Å². The molecule has 21 heavy (non-hydrogen) atoms. The molecule has 1 aromatic rings. The summed E-state index contributed by atoms with van der Waals surface area (Å²) in [5, 5.41) is 0. The van der Waals surface area contributed by atoms with Crippen LogP contribution >= 0.6 is 0 Å². The van der Waals surface area contributed by atoms with Crippen molar-refractivity contribution >= 4 is 11.6 Å². The molecule has 1 saturated heterocycles. The Morgan fingerprint density at radius 2 is 2.00 bits per heavy atom. The van der Waals surface area contributed by atoms with Crippen molar-refractivity contribution in [1.82, 2.24) is 9.97 Å². The van der Waals surface area contributed by atoms with Crippen LogP contribution in [0.1, 0.15) is 39.4 Å². The van der Waals surface area contributed by atoms with E-state index in [2.05, 4.69) is 43.1 Å². The fraction of sp³-hybridized carbons (Fsp3) is 0.733. The zero-order valence-electron chi connectivity index (χ0n) is 13.5. The minimum Gasteiger partial charge on any atom is -0.381 e. The summed E-state index contributed by atoms with van der Waals surface area (Å²) in [6, 6.07) is 1.90. The third-order valence-electron chi connectivity index (χ3n) is 3.80. The van der Waals surface area contributed by atoms with E-state index in [0.29, 0.717) is 11.7 Å². The highest BCUT2D eigenvalue weighted by atomic mass is 16.5. The third kappa shape index (κ3) is 4.28. The number of anilines is 2. The number of hydrogen-bond acceptors (Lipinski definition) is 6. The van der Waals surface area contributed by atoms with E-state index in [4.69, 9.17) is 15.6 Å². The first-order chi connectivity index (χ1) is 9.90. The maximum Gasteiger partial charge on any atom is 0.145 e. The molecule has 1 aromatic heterocycles. The van der Waals surface area contributed by atoms with Crippen LogP contribution in [0.4, 0.5) is 11.6 Å². The first-order valence-corrected chi connectivity index (χ1v) is 7.55. The number of hydrazine groups is 1. The largest absolute Gasteiger partial charge is 0.381 e. The van der Waals surface area contributed by atoms with Crippen molar-refractivity contribution in [2.24, 2.45) is 11.8 Å². The van der Waals surface area contributed by atoms with Gasteiger partial charge in [0.15, 0.2) is 0 Å². The number of hydrogen-bond donors (Lipinski definition) is 2. The highest BCUT2D eigenvalue weighted by Crippen LogP contribution is 2.25. The van der Waals surface area contributed by atoms with Crippen molar-refractivity contribution in [2.45, 2.75) is 39.0 Å². The lowest BCUT2D eigenvalue weighted by Crippen LogP contribution is -2.31. The first kappa shape index (κ1) is 16.0. The molecule has 1 aliphatic heterocycles. The fourth-order valence-corrected chi connectivity index (χ4v) is 2.45. The van der Waals surface area contributed by atoms with E-state index in [1.807, 2.05) is 6.07 Å². The summed E-state index contributed by atoms with van der Waals surface area (Å²) in [4.78, 5) is 11.4. The van der Waals surface area contributed by atoms with Crippen LogP contribution in [0.15, 0.2) is 6.07 Å². The summed E-state index contributed by atoms with van der Waals surface area (Å²) in [6.45, 7) is 9.02. The zero-order valence-corrected chi connectivity index (χ0v) is 13.5. The molecule has 1 aliphatic rings. The molecule has 0 saturated carbocycles. The van der Waals surface area contributed by atoms with Crippen LogP contribution in [0.5, 0.6) is 0 Å². The minimum absolute atomic E-state index is 0.110. The number of nitrogen functional groups attached to an aromatic ring is 1. The molecule has 0 spiro atoms. The third-order valence-corrected chi connectivity index (χ3v) is 3.80. The van der Waals surface area contributed by atoms with Crippen LogP contribution in [0.3, 0.4) is 0 Å². The van der Waals surface area contributed by atoms with E-state index < -0.39 is 0 Å². The Balaban J connectivity index is 2.17. The molecule has 118 valence electrons. The van der Waals surface area contributed by atoms with Gasteiger partial charge in [-0.1, -0.05) is 20.8 Å². The summed E-state index contributed by atoms with van der Waals surface area (Å²) in [5.41, 5.74) is 2.53. The molecule has 0 radical (unpaired) electrons. The number of nitrogens with two attached hydrogens (primary N) is 1. The Hall–Kier alpha value is -1.40. The van der Waals surface area contributed by atoms with Gasteiger partial charge in [-0.3, -0.25) is 0 Å². The molecule has 0 atom stereocenters. The first-order valence-electron chi connectivity index (χ1n) is 7.55. The number of rotatable bonds is 4. The number of ether oxygens (including phenoxy) is 1. The van der Waals surface area contributed by atoms with Gasteiger partial charge in [0.2, 0.25) is 0 Å². The highest BCUT2D eigenvalue weighted by molar-refractivity contribution is 5.49. The molecular formula is C15H27N5O. The summed E-state index contributed by atoms with van der Waals surface area (Å²) < 4.78 is 5.42. The van der Waals surface area contributed by atoms with Gasteiger partial charge >= 0.3 is 0 Å². The average Bonchev–Trinajstić information content (AvgIpc) is 2.46. The summed E-state index contributed by atoms with van der Waals surface area (Å²) in [7, 11) is 2.07. The zero-order chi connectivity index (χ0) is 15.5. The van der Waals surface area contributed by atoms with Gasteiger partial charge in [0.1, 0.15) is 17.5 Å². The van der Waals surface area contributed by atoms with Gasteiger partial charge in [-0.25, -0.2) is 15.8 Å². The van der Waals surface area contributed by atoms with Gasteiger partial charge in [-0.05, 0) is 18.8 Å². The SMILES string of the molecule is CN(CC1CCOCC1)c1cc(NN)nc(C(C)(C)C)n1. The number of nitrogens with one attached hydrogen (secondary N) is 1. The summed E-state index contributed by atoms with van der Waals surface area (Å²) in [6.07, 6.45) is 2.23. The van der Waals surface area contributed by atoms with Gasteiger partial charge in [-0.2, -0.15) is 0 Å². The van der Waals surface area contributed by atoms with Gasteiger partial charge < -0.3 is 15.1 Å². The standard InChI is InChI=1S/C15H27N5O/c1-15(2,3)14-17-12(19-16)9-13(18-14)20(4)10-11-5-7-21-8-6-11/h9,11H,5-8,10,16H2,1-4H3,(H,17,18,19). The maximum atomic E-state index is 5.54. The van der Waals surface area contributed by atoms with E-state index in [9.17, 15) is 0 Å². The number of aromatic nitrogens is 2. The smallest absolute Gasteiger partial charge is 0.145 e. The molecule has 6 nitrogen and oxygen atoms in total.